The smallest absolute Gasteiger partial charge is 0.407 e. The Labute approximate surface area is 169 Å². The Kier molecular flexibility index (Phi) is 5.38. The number of amides is 1. The molecule has 0 saturated heterocycles. The molecular weight excluding hydrogens is 367 g/mol. The van der Waals surface area contributed by atoms with Crippen LogP contribution < -0.4 is 5.32 Å². The highest BCUT2D eigenvalue weighted by atomic mass is 19.1. The third-order valence-corrected chi connectivity index (χ3v) is 5.12. The predicted octanol–water partition coefficient (Wildman–Crippen LogP) is 5.08. The Hall–Kier alpha value is -3.47. The molecule has 0 fully saturated rings. The molecule has 1 heterocycles. The molecule has 1 aliphatic rings. The molecule has 0 unspecified atom stereocenters. The van der Waals surface area contributed by atoms with E-state index in [-0.39, 0.29) is 12.5 Å². The van der Waals surface area contributed by atoms with Gasteiger partial charge in [0.25, 0.3) is 0 Å². The Balaban J connectivity index is 1.34. The molecule has 0 bridgehead atoms. The Morgan fingerprint density at radius 1 is 1.14 bits per heavy atom. The third-order valence-electron chi connectivity index (χ3n) is 5.12. The normalized spacial score (nSPS) is 12.6. The second-order valence-corrected chi connectivity index (χ2v) is 6.97. The molecule has 29 heavy (non-hydrogen) atoms. The summed E-state index contributed by atoms with van der Waals surface area (Å²) in [5, 5.41) is 2.71. The summed E-state index contributed by atoms with van der Waals surface area (Å²) in [4.78, 5) is 15.8. The van der Waals surface area contributed by atoms with Gasteiger partial charge < -0.3 is 10.1 Å². The molecule has 4 nitrogen and oxygen atoms in total. The van der Waals surface area contributed by atoms with Crippen molar-refractivity contribution < 1.29 is 13.9 Å². The van der Waals surface area contributed by atoms with Crippen LogP contribution in [0.15, 0.2) is 66.9 Å². The quantitative estimate of drug-likeness (QED) is 0.620. The lowest BCUT2D eigenvalue weighted by Gasteiger charge is -2.14. The van der Waals surface area contributed by atoms with Crippen molar-refractivity contribution in [1.29, 1.82) is 0 Å². The lowest BCUT2D eigenvalue weighted by atomic mass is 9.98. The van der Waals surface area contributed by atoms with Crippen LogP contribution in [0.25, 0.3) is 17.2 Å². The number of hydrogen-bond acceptors (Lipinski definition) is 3. The monoisotopic (exact) mass is 388 g/mol. The first-order chi connectivity index (χ1) is 14.1. The molecule has 2 aromatic carbocycles. The average molecular weight is 388 g/mol. The standard InChI is InChI=1S/C24H21FN2O2/c1-16-13-23(25)27-14-17(16)7-6-12-26-24(28)29-15-22-20-10-4-2-8-18(20)19-9-3-5-11-21(19)22/h2-11,13-14,22H,12,15H2,1H3,(H,26,28). The molecule has 0 saturated carbocycles. The maximum absolute atomic E-state index is 13.0. The summed E-state index contributed by atoms with van der Waals surface area (Å²) < 4.78 is 18.5. The van der Waals surface area contributed by atoms with Gasteiger partial charge >= 0.3 is 6.09 Å². The minimum atomic E-state index is -0.503. The third kappa shape index (κ3) is 4.04. The van der Waals surface area contributed by atoms with Gasteiger partial charge in [0.05, 0.1) is 0 Å². The van der Waals surface area contributed by atoms with E-state index in [1.54, 1.807) is 12.2 Å². The van der Waals surface area contributed by atoms with Gasteiger partial charge in [0.1, 0.15) is 6.61 Å². The molecule has 1 aliphatic carbocycles. The fraction of sp³-hybridized carbons (Fsp3) is 0.167. The molecule has 1 aromatic heterocycles. The first kappa shape index (κ1) is 18.9. The predicted molar refractivity (Wildman–Crippen MR) is 111 cm³/mol. The molecular formula is C24H21FN2O2. The lowest BCUT2D eigenvalue weighted by Crippen LogP contribution is -2.26. The van der Waals surface area contributed by atoms with Crippen LogP contribution in [0, 0.1) is 12.9 Å². The molecule has 4 rings (SSSR count). The maximum atomic E-state index is 13.0. The summed E-state index contributed by atoms with van der Waals surface area (Å²) in [6, 6.07) is 17.8. The largest absolute Gasteiger partial charge is 0.449 e. The van der Waals surface area contributed by atoms with E-state index in [4.69, 9.17) is 4.74 Å². The molecule has 1 N–H and O–H groups in total. The van der Waals surface area contributed by atoms with E-state index in [9.17, 15) is 9.18 Å². The highest BCUT2D eigenvalue weighted by Crippen LogP contribution is 2.44. The number of carbonyl (C=O) groups is 1. The summed E-state index contributed by atoms with van der Waals surface area (Å²) in [6.45, 7) is 2.40. The zero-order valence-electron chi connectivity index (χ0n) is 16.1. The van der Waals surface area contributed by atoms with E-state index in [1.807, 2.05) is 31.2 Å². The number of nitrogens with one attached hydrogen (secondary N) is 1. The van der Waals surface area contributed by atoms with Gasteiger partial charge in [-0.05, 0) is 46.4 Å². The second-order valence-electron chi connectivity index (χ2n) is 6.97. The molecule has 5 heteroatoms. The van der Waals surface area contributed by atoms with Gasteiger partial charge in [0, 0.05) is 18.7 Å². The number of alkyl carbamates (subject to hydrolysis) is 1. The number of pyridine rings is 1. The van der Waals surface area contributed by atoms with Crippen molar-refractivity contribution in [2.24, 2.45) is 0 Å². The maximum Gasteiger partial charge on any atom is 0.407 e. The molecule has 3 aromatic rings. The first-order valence-electron chi connectivity index (χ1n) is 9.51. The number of ether oxygens (including phenoxy) is 1. The van der Waals surface area contributed by atoms with Gasteiger partial charge in [-0.25, -0.2) is 9.78 Å². The van der Waals surface area contributed by atoms with Crippen molar-refractivity contribution in [3.05, 3.63) is 95.1 Å². The Morgan fingerprint density at radius 3 is 2.45 bits per heavy atom. The molecule has 0 atom stereocenters. The summed E-state index contributed by atoms with van der Waals surface area (Å²) in [7, 11) is 0. The van der Waals surface area contributed by atoms with Crippen LogP contribution in [0.4, 0.5) is 9.18 Å². The minimum absolute atomic E-state index is 0.0385. The van der Waals surface area contributed by atoms with Crippen LogP contribution in [0.5, 0.6) is 0 Å². The number of hydrogen-bond donors (Lipinski definition) is 1. The molecule has 146 valence electrons. The van der Waals surface area contributed by atoms with Crippen molar-refractivity contribution >= 4 is 12.2 Å². The number of rotatable bonds is 5. The van der Waals surface area contributed by atoms with E-state index < -0.39 is 12.0 Å². The highest BCUT2D eigenvalue weighted by Gasteiger charge is 2.28. The number of aromatic nitrogens is 1. The van der Waals surface area contributed by atoms with E-state index in [1.165, 1.54) is 34.5 Å². The van der Waals surface area contributed by atoms with E-state index in [0.717, 1.165) is 11.1 Å². The summed E-state index contributed by atoms with van der Waals surface area (Å²) in [5.41, 5.74) is 6.35. The van der Waals surface area contributed by atoms with Gasteiger partial charge in [-0.15, -0.1) is 0 Å². The van der Waals surface area contributed by atoms with Crippen molar-refractivity contribution in [3.63, 3.8) is 0 Å². The van der Waals surface area contributed by atoms with E-state index in [2.05, 4.69) is 34.6 Å². The Bertz CT molecular complexity index is 1030. The van der Waals surface area contributed by atoms with Crippen LogP contribution in [0.1, 0.15) is 28.2 Å². The number of fused-ring (bicyclic) bond motifs is 3. The first-order valence-corrected chi connectivity index (χ1v) is 9.51. The van der Waals surface area contributed by atoms with Gasteiger partial charge in [-0.2, -0.15) is 4.39 Å². The second kappa shape index (κ2) is 8.27. The van der Waals surface area contributed by atoms with Crippen LogP contribution in [0.3, 0.4) is 0 Å². The number of halogens is 1. The topological polar surface area (TPSA) is 51.2 Å². The zero-order chi connectivity index (χ0) is 20.2. The van der Waals surface area contributed by atoms with Crippen LogP contribution in [-0.4, -0.2) is 24.2 Å². The molecule has 0 spiro atoms. The number of carbonyl (C=O) groups excluding carboxylic acids is 1. The lowest BCUT2D eigenvalue weighted by molar-refractivity contribution is 0.144. The van der Waals surface area contributed by atoms with Crippen molar-refractivity contribution in [3.8, 4) is 11.1 Å². The SMILES string of the molecule is Cc1cc(F)ncc1C=CCNC(=O)OCC1c2ccccc2-c2ccccc21. The van der Waals surface area contributed by atoms with Crippen LogP contribution in [0.2, 0.25) is 0 Å². The number of aryl methyl sites for hydroxylation is 1. The van der Waals surface area contributed by atoms with Crippen LogP contribution >= 0.6 is 0 Å². The minimum Gasteiger partial charge on any atom is -0.449 e. The van der Waals surface area contributed by atoms with Crippen LogP contribution in [-0.2, 0) is 4.74 Å². The Morgan fingerprint density at radius 2 is 1.79 bits per heavy atom. The zero-order valence-corrected chi connectivity index (χ0v) is 16.1. The summed E-state index contributed by atoms with van der Waals surface area (Å²) in [6.07, 6.45) is 4.58. The van der Waals surface area contributed by atoms with Gasteiger partial charge in [-0.1, -0.05) is 60.7 Å². The van der Waals surface area contributed by atoms with Gasteiger partial charge in [-0.3, -0.25) is 0 Å². The highest BCUT2D eigenvalue weighted by molar-refractivity contribution is 5.79. The molecule has 1 amide bonds. The van der Waals surface area contributed by atoms with Crippen molar-refractivity contribution in [1.82, 2.24) is 10.3 Å². The molecule has 0 radical (unpaired) electrons. The summed E-state index contributed by atoms with van der Waals surface area (Å²) >= 11 is 0. The summed E-state index contributed by atoms with van der Waals surface area (Å²) in [5.74, 6) is -0.465. The van der Waals surface area contributed by atoms with E-state index >= 15 is 0 Å². The van der Waals surface area contributed by atoms with Gasteiger partial charge in [0.2, 0.25) is 5.95 Å². The average Bonchev–Trinajstić information content (AvgIpc) is 3.05. The fourth-order valence-corrected chi connectivity index (χ4v) is 3.68. The number of nitrogens with zero attached hydrogens (tertiary/aromatic N) is 1. The van der Waals surface area contributed by atoms with Gasteiger partial charge in [0.15, 0.2) is 0 Å². The fourth-order valence-electron chi connectivity index (χ4n) is 3.68. The van der Waals surface area contributed by atoms with Crippen molar-refractivity contribution in [2.75, 3.05) is 13.2 Å². The van der Waals surface area contributed by atoms with E-state index in [0.29, 0.717) is 6.54 Å². The molecule has 0 aliphatic heterocycles. The number of benzene rings is 2. The van der Waals surface area contributed by atoms with Crippen molar-refractivity contribution in [2.45, 2.75) is 12.8 Å².